The number of esters is 1. The van der Waals surface area contributed by atoms with Crippen LogP contribution in [0.1, 0.15) is 59.8 Å². The Kier molecular flexibility index (Phi) is 11.4. The molecule has 0 radical (unpaired) electrons. The first-order valence-corrected chi connectivity index (χ1v) is 9.63. The number of ketones is 1. The Morgan fingerprint density at radius 1 is 0.955 bits per heavy atom. The van der Waals surface area contributed by atoms with Gasteiger partial charge in [-0.05, 0) is 27.2 Å². The molecule has 0 rings (SSSR count). The topological polar surface area (TPSA) is 78.9 Å². The van der Waals surface area contributed by atoms with E-state index in [4.69, 9.17) is 13.8 Å². The van der Waals surface area contributed by atoms with Crippen molar-refractivity contribution in [3.63, 3.8) is 0 Å². The van der Waals surface area contributed by atoms with Crippen molar-refractivity contribution in [2.24, 2.45) is 0 Å². The van der Waals surface area contributed by atoms with E-state index in [9.17, 15) is 14.2 Å². The van der Waals surface area contributed by atoms with Gasteiger partial charge in [-0.15, -0.1) is 0 Å². The Morgan fingerprint density at radius 2 is 1.55 bits per heavy atom. The van der Waals surface area contributed by atoms with Crippen LogP contribution in [0.4, 0.5) is 0 Å². The summed E-state index contributed by atoms with van der Waals surface area (Å²) in [6.07, 6.45) is 2.91. The first kappa shape index (κ1) is 21.3. The van der Waals surface area contributed by atoms with Crippen molar-refractivity contribution in [2.45, 2.75) is 65.5 Å². The highest BCUT2D eigenvalue weighted by atomic mass is 31.2. The predicted molar refractivity (Wildman–Crippen MR) is 85.0 cm³/mol. The molecule has 7 heteroatoms. The van der Waals surface area contributed by atoms with Gasteiger partial charge in [0.15, 0.2) is 5.66 Å². The van der Waals surface area contributed by atoms with Crippen LogP contribution in [0, 0.1) is 0 Å². The molecule has 0 unspecified atom stereocenters. The minimum absolute atomic E-state index is 0.119. The van der Waals surface area contributed by atoms with E-state index in [0.29, 0.717) is 6.42 Å². The lowest BCUT2D eigenvalue weighted by atomic mass is 10.1. The van der Waals surface area contributed by atoms with Crippen molar-refractivity contribution in [1.29, 1.82) is 0 Å². The molecule has 0 saturated carbocycles. The van der Waals surface area contributed by atoms with Gasteiger partial charge in [0.05, 0.1) is 19.8 Å². The Bertz CT molecular complexity index is 372. The first-order valence-electron chi connectivity index (χ1n) is 8.02. The molecule has 0 aliphatic rings. The summed E-state index contributed by atoms with van der Waals surface area (Å²) in [6, 6.07) is 0. The van der Waals surface area contributed by atoms with Crippen LogP contribution in [0.15, 0.2) is 0 Å². The van der Waals surface area contributed by atoms with Crippen LogP contribution in [0.25, 0.3) is 0 Å². The van der Waals surface area contributed by atoms with Crippen molar-refractivity contribution < 1.29 is 27.9 Å². The summed E-state index contributed by atoms with van der Waals surface area (Å²) in [6.45, 7) is 7.45. The molecular weight excluding hydrogens is 307 g/mol. The number of carbonyl (C=O) groups is 2. The highest BCUT2D eigenvalue weighted by molar-refractivity contribution is 7.55. The monoisotopic (exact) mass is 336 g/mol. The van der Waals surface area contributed by atoms with E-state index in [2.05, 4.69) is 0 Å². The van der Waals surface area contributed by atoms with E-state index in [0.717, 1.165) is 19.3 Å². The van der Waals surface area contributed by atoms with Crippen LogP contribution in [-0.4, -0.2) is 37.2 Å². The lowest BCUT2D eigenvalue weighted by Gasteiger charge is -2.24. The summed E-state index contributed by atoms with van der Waals surface area (Å²) in [5, 5.41) is 0. The van der Waals surface area contributed by atoms with E-state index in [1.54, 1.807) is 20.8 Å². The second-order valence-corrected chi connectivity index (χ2v) is 7.06. The molecule has 0 aromatic carbocycles. The summed E-state index contributed by atoms with van der Waals surface area (Å²) in [5.41, 5.74) is -1.18. The van der Waals surface area contributed by atoms with Crippen LogP contribution in [0.5, 0.6) is 0 Å². The zero-order valence-corrected chi connectivity index (χ0v) is 15.0. The molecule has 0 bridgehead atoms. The lowest BCUT2D eigenvalue weighted by molar-refractivity contribution is -0.144. The fraction of sp³-hybridized carbons (Fsp3) is 0.867. The van der Waals surface area contributed by atoms with E-state index in [1.807, 2.05) is 6.92 Å². The van der Waals surface area contributed by atoms with E-state index in [1.165, 1.54) is 0 Å². The van der Waals surface area contributed by atoms with Gasteiger partial charge >= 0.3 is 13.6 Å². The number of unbranched alkanes of at least 4 members (excludes halogenated alkanes) is 2. The fourth-order valence-electron chi connectivity index (χ4n) is 2.03. The molecule has 0 N–H and O–H groups in total. The normalized spacial score (nSPS) is 12.9. The van der Waals surface area contributed by atoms with Crippen LogP contribution in [0.2, 0.25) is 0 Å². The Morgan fingerprint density at radius 3 is 2.00 bits per heavy atom. The summed E-state index contributed by atoms with van der Waals surface area (Å²) in [5.74, 6) is -0.817. The van der Waals surface area contributed by atoms with Crippen LogP contribution < -0.4 is 0 Å². The maximum Gasteiger partial charge on any atom is 0.345 e. The van der Waals surface area contributed by atoms with Crippen LogP contribution in [0.3, 0.4) is 0 Å². The molecule has 6 nitrogen and oxygen atoms in total. The Balaban J connectivity index is 5.05. The number of ether oxygens (including phenoxy) is 1. The summed E-state index contributed by atoms with van der Waals surface area (Å²) < 4.78 is 28.2. The molecule has 0 aromatic heterocycles. The van der Waals surface area contributed by atoms with Crippen LogP contribution in [-0.2, 0) is 27.9 Å². The predicted octanol–water partition coefficient (Wildman–Crippen LogP) is 3.72. The van der Waals surface area contributed by atoms with Crippen molar-refractivity contribution >= 4 is 19.3 Å². The zero-order chi connectivity index (χ0) is 17.0. The fourth-order valence-corrected chi connectivity index (χ4v) is 3.94. The third-order valence-corrected chi connectivity index (χ3v) is 5.43. The zero-order valence-electron chi connectivity index (χ0n) is 14.1. The molecule has 1 atom stereocenters. The average molecular weight is 336 g/mol. The van der Waals surface area contributed by atoms with Crippen molar-refractivity contribution in [2.75, 3.05) is 19.8 Å². The van der Waals surface area contributed by atoms with Crippen molar-refractivity contribution in [1.82, 2.24) is 0 Å². The third-order valence-electron chi connectivity index (χ3n) is 3.04. The van der Waals surface area contributed by atoms with Crippen LogP contribution >= 0.6 is 7.60 Å². The third kappa shape index (κ3) is 7.52. The summed E-state index contributed by atoms with van der Waals surface area (Å²) >= 11 is 0. The maximum absolute atomic E-state index is 12.8. The maximum atomic E-state index is 12.8. The number of carbonyl (C=O) groups excluding carboxylic acids is 2. The molecule has 0 heterocycles. The Hall–Kier alpha value is -0.710. The SMILES string of the molecule is CCCCCC(=O)C[C@H](C(=O)OCC)P(=O)(OCC)OCC. The highest BCUT2D eigenvalue weighted by Gasteiger charge is 2.43. The minimum Gasteiger partial charge on any atom is -0.465 e. The number of rotatable bonds is 13. The van der Waals surface area contributed by atoms with E-state index >= 15 is 0 Å². The molecule has 0 aliphatic carbocycles. The smallest absolute Gasteiger partial charge is 0.345 e. The molecule has 22 heavy (non-hydrogen) atoms. The van der Waals surface area contributed by atoms with E-state index < -0.39 is 19.2 Å². The molecule has 0 fully saturated rings. The quantitative estimate of drug-likeness (QED) is 0.290. The number of hydrogen-bond acceptors (Lipinski definition) is 6. The van der Waals surface area contributed by atoms with Gasteiger partial charge in [-0.1, -0.05) is 19.8 Å². The second-order valence-electron chi connectivity index (χ2n) is 4.84. The van der Waals surface area contributed by atoms with Crippen molar-refractivity contribution in [3.05, 3.63) is 0 Å². The molecular formula is C15H29O6P. The van der Waals surface area contributed by atoms with Gasteiger partial charge in [-0.25, -0.2) is 0 Å². The largest absolute Gasteiger partial charge is 0.465 e. The molecule has 0 amide bonds. The molecule has 0 aliphatic heterocycles. The van der Waals surface area contributed by atoms with Gasteiger partial charge in [0.2, 0.25) is 0 Å². The van der Waals surface area contributed by atoms with Gasteiger partial charge < -0.3 is 13.8 Å². The highest BCUT2D eigenvalue weighted by Crippen LogP contribution is 2.54. The molecule has 130 valence electrons. The molecule has 0 spiro atoms. The van der Waals surface area contributed by atoms with Gasteiger partial charge in [-0.3, -0.25) is 14.2 Å². The van der Waals surface area contributed by atoms with Gasteiger partial charge in [0.25, 0.3) is 0 Å². The summed E-state index contributed by atoms with van der Waals surface area (Å²) in [4.78, 5) is 24.2. The Labute approximate surface area is 133 Å². The molecule has 0 aromatic rings. The molecule has 0 saturated heterocycles. The number of hydrogen-bond donors (Lipinski definition) is 0. The first-order chi connectivity index (χ1) is 10.4. The second kappa shape index (κ2) is 11.8. The van der Waals surface area contributed by atoms with Gasteiger partial charge in [0.1, 0.15) is 5.78 Å². The van der Waals surface area contributed by atoms with Gasteiger partial charge in [0, 0.05) is 12.8 Å². The summed E-state index contributed by atoms with van der Waals surface area (Å²) in [7, 11) is -3.70. The standard InChI is InChI=1S/C15H29O6P/c1-5-9-10-11-13(16)12-14(15(17)19-6-2)22(18,20-7-3)21-8-4/h14H,5-12H2,1-4H3/t14-/m1/s1. The average Bonchev–Trinajstić information content (AvgIpc) is 2.45. The van der Waals surface area contributed by atoms with Gasteiger partial charge in [-0.2, -0.15) is 0 Å². The number of Topliss-reactive ketones (excluding diaryl/α,β-unsaturated/α-hetero) is 1. The van der Waals surface area contributed by atoms with E-state index in [-0.39, 0.29) is 32.0 Å². The van der Waals surface area contributed by atoms with Crippen molar-refractivity contribution in [3.8, 4) is 0 Å². The minimum atomic E-state index is -3.70. The lowest BCUT2D eigenvalue weighted by Crippen LogP contribution is -2.28.